The van der Waals surface area contributed by atoms with Crippen LogP contribution in [0.5, 0.6) is 5.75 Å². The highest BCUT2D eigenvalue weighted by Crippen LogP contribution is 2.16. The number of nitrogens with one attached hydrogen (secondary N) is 1. The number of carbonyl (C=O) groups excluding carboxylic acids is 1. The van der Waals surface area contributed by atoms with Gasteiger partial charge in [0.2, 0.25) is 0 Å². The third kappa shape index (κ3) is 4.24. The van der Waals surface area contributed by atoms with E-state index in [2.05, 4.69) is 5.32 Å². The molecule has 1 fully saturated rings. The summed E-state index contributed by atoms with van der Waals surface area (Å²) in [4.78, 5) is 11.7. The molecule has 0 saturated carbocycles. The largest absolute Gasteiger partial charge is 0.491 e. The van der Waals surface area contributed by atoms with Crippen LogP contribution in [0, 0.1) is 0 Å². The van der Waals surface area contributed by atoms with Gasteiger partial charge < -0.3 is 14.8 Å². The first-order chi connectivity index (χ1) is 9.29. The average Bonchev–Trinajstić information content (AvgIpc) is 2.96. The maximum absolute atomic E-state index is 11.7. The standard InChI is InChI=1S/C15H21NO3/c1-2-9-16-15(17)12-5-7-13(8-6-12)19-11-14-4-3-10-18-14/h5-8,14H,2-4,9-11H2,1H3,(H,16,17). The van der Waals surface area contributed by atoms with Gasteiger partial charge in [-0.1, -0.05) is 6.92 Å². The third-order valence-electron chi connectivity index (χ3n) is 3.11. The predicted molar refractivity (Wildman–Crippen MR) is 73.5 cm³/mol. The SMILES string of the molecule is CCCNC(=O)c1ccc(OCC2CCCO2)cc1. The van der Waals surface area contributed by atoms with E-state index < -0.39 is 0 Å². The van der Waals surface area contributed by atoms with Crippen LogP contribution >= 0.6 is 0 Å². The van der Waals surface area contributed by atoms with Crippen LogP contribution in [0.1, 0.15) is 36.5 Å². The van der Waals surface area contributed by atoms with Gasteiger partial charge in [-0.25, -0.2) is 0 Å². The lowest BCUT2D eigenvalue weighted by Crippen LogP contribution is -2.23. The summed E-state index contributed by atoms with van der Waals surface area (Å²) in [5, 5.41) is 2.85. The molecular weight excluding hydrogens is 242 g/mol. The Morgan fingerprint density at radius 1 is 1.42 bits per heavy atom. The normalized spacial score (nSPS) is 18.3. The Morgan fingerprint density at radius 3 is 2.84 bits per heavy atom. The molecule has 1 aliphatic rings. The molecule has 1 saturated heterocycles. The highest BCUT2D eigenvalue weighted by molar-refractivity contribution is 5.94. The lowest BCUT2D eigenvalue weighted by molar-refractivity contribution is 0.0679. The van der Waals surface area contributed by atoms with Gasteiger partial charge in [0.25, 0.3) is 5.91 Å². The van der Waals surface area contributed by atoms with Crippen molar-refractivity contribution in [2.75, 3.05) is 19.8 Å². The predicted octanol–water partition coefficient (Wildman–Crippen LogP) is 2.38. The quantitative estimate of drug-likeness (QED) is 0.857. The van der Waals surface area contributed by atoms with Gasteiger partial charge in [-0.15, -0.1) is 0 Å². The molecule has 0 radical (unpaired) electrons. The van der Waals surface area contributed by atoms with Crippen molar-refractivity contribution in [1.29, 1.82) is 0 Å². The molecule has 0 bridgehead atoms. The minimum absolute atomic E-state index is 0.0347. The molecule has 2 rings (SSSR count). The molecule has 1 aromatic rings. The van der Waals surface area contributed by atoms with E-state index in [4.69, 9.17) is 9.47 Å². The van der Waals surface area contributed by atoms with Gasteiger partial charge in [-0.3, -0.25) is 4.79 Å². The minimum Gasteiger partial charge on any atom is -0.491 e. The maximum Gasteiger partial charge on any atom is 0.251 e. The molecule has 0 aliphatic carbocycles. The van der Waals surface area contributed by atoms with Gasteiger partial charge in [0.15, 0.2) is 0 Å². The van der Waals surface area contributed by atoms with Crippen LogP contribution < -0.4 is 10.1 Å². The molecule has 4 heteroatoms. The van der Waals surface area contributed by atoms with E-state index in [0.717, 1.165) is 31.6 Å². The van der Waals surface area contributed by atoms with Crippen molar-refractivity contribution in [2.24, 2.45) is 0 Å². The van der Waals surface area contributed by atoms with Gasteiger partial charge >= 0.3 is 0 Å². The summed E-state index contributed by atoms with van der Waals surface area (Å²) in [5.41, 5.74) is 0.665. The van der Waals surface area contributed by atoms with Crippen LogP contribution in [0.4, 0.5) is 0 Å². The molecule has 1 amide bonds. The summed E-state index contributed by atoms with van der Waals surface area (Å²) in [6.07, 6.45) is 3.34. The van der Waals surface area contributed by atoms with Gasteiger partial charge in [-0.05, 0) is 43.5 Å². The molecule has 19 heavy (non-hydrogen) atoms. The molecule has 104 valence electrons. The van der Waals surface area contributed by atoms with E-state index in [-0.39, 0.29) is 12.0 Å². The van der Waals surface area contributed by atoms with Crippen LogP contribution in [0.25, 0.3) is 0 Å². The summed E-state index contributed by atoms with van der Waals surface area (Å²) in [5.74, 6) is 0.745. The van der Waals surface area contributed by atoms with Gasteiger partial charge in [0, 0.05) is 18.7 Å². The molecule has 1 heterocycles. The van der Waals surface area contributed by atoms with Crippen LogP contribution in [0.3, 0.4) is 0 Å². The molecule has 1 unspecified atom stereocenters. The molecule has 1 aliphatic heterocycles. The highest BCUT2D eigenvalue weighted by atomic mass is 16.5. The Bertz CT molecular complexity index is 396. The highest BCUT2D eigenvalue weighted by Gasteiger charge is 2.15. The van der Waals surface area contributed by atoms with Gasteiger partial charge in [0.05, 0.1) is 6.10 Å². The van der Waals surface area contributed by atoms with Crippen molar-refractivity contribution in [2.45, 2.75) is 32.3 Å². The number of rotatable bonds is 6. The zero-order chi connectivity index (χ0) is 13.5. The fourth-order valence-electron chi connectivity index (χ4n) is 2.01. The summed E-state index contributed by atoms with van der Waals surface area (Å²) in [7, 11) is 0. The van der Waals surface area contributed by atoms with Crippen molar-refractivity contribution >= 4 is 5.91 Å². The first kappa shape index (κ1) is 13.9. The summed E-state index contributed by atoms with van der Waals surface area (Å²) < 4.78 is 11.1. The Balaban J connectivity index is 1.81. The average molecular weight is 263 g/mol. The first-order valence-corrected chi connectivity index (χ1v) is 6.92. The summed E-state index contributed by atoms with van der Waals surface area (Å²) in [6.45, 7) is 4.16. The molecule has 1 N–H and O–H groups in total. The van der Waals surface area contributed by atoms with Crippen molar-refractivity contribution in [3.8, 4) is 5.75 Å². The van der Waals surface area contributed by atoms with E-state index >= 15 is 0 Å². The Kier molecular flexibility index (Phi) is 5.21. The van der Waals surface area contributed by atoms with E-state index in [1.54, 1.807) is 12.1 Å². The summed E-state index contributed by atoms with van der Waals surface area (Å²) in [6, 6.07) is 7.23. The van der Waals surface area contributed by atoms with Crippen molar-refractivity contribution in [1.82, 2.24) is 5.32 Å². The zero-order valence-electron chi connectivity index (χ0n) is 11.4. The molecular formula is C15H21NO3. The van der Waals surface area contributed by atoms with E-state index in [9.17, 15) is 4.79 Å². The fourth-order valence-corrected chi connectivity index (χ4v) is 2.01. The van der Waals surface area contributed by atoms with Gasteiger partial charge in [-0.2, -0.15) is 0 Å². The molecule has 0 spiro atoms. The number of carbonyl (C=O) groups is 1. The van der Waals surface area contributed by atoms with Crippen molar-refractivity contribution in [3.63, 3.8) is 0 Å². The molecule has 4 nitrogen and oxygen atoms in total. The second-order valence-electron chi connectivity index (χ2n) is 4.73. The fraction of sp³-hybridized carbons (Fsp3) is 0.533. The number of benzene rings is 1. The lowest BCUT2D eigenvalue weighted by atomic mass is 10.2. The summed E-state index contributed by atoms with van der Waals surface area (Å²) >= 11 is 0. The van der Waals surface area contributed by atoms with Crippen molar-refractivity contribution < 1.29 is 14.3 Å². The van der Waals surface area contributed by atoms with Crippen LogP contribution in [0.15, 0.2) is 24.3 Å². The van der Waals surface area contributed by atoms with Gasteiger partial charge in [0.1, 0.15) is 12.4 Å². The first-order valence-electron chi connectivity index (χ1n) is 6.92. The van der Waals surface area contributed by atoms with E-state index in [0.29, 0.717) is 18.7 Å². The molecule has 0 aromatic heterocycles. The zero-order valence-corrected chi connectivity index (χ0v) is 11.4. The monoisotopic (exact) mass is 263 g/mol. The van der Waals surface area contributed by atoms with Crippen LogP contribution in [-0.2, 0) is 4.74 Å². The smallest absolute Gasteiger partial charge is 0.251 e. The Morgan fingerprint density at radius 2 is 2.21 bits per heavy atom. The topological polar surface area (TPSA) is 47.6 Å². The molecule has 1 aromatic carbocycles. The Labute approximate surface area is 114 Å². The number of hydrogen-bond donors (Lipinski definition) is 1. The van der Waals surface area contributed by atoms with Crippen LogP contribution in [-0.4, -0.2) is 31.8 Å². The second-order valence-corrected chi connectivity index (χ2v) is 4.73. The van der Waals surface area contributed by atoms with E-state index in [1.165, 1.54) is 0 Å². The second kappa shape index (κ2) is 7.14. The maximum atomic E-state index is 11.7. The van der Waals surface area contributed by atoms with E-state index in [1.807, 2.05) is 19.1 Å². The molecule has 1 atom stereocenters. The number of ether oxygens (including phenoxy) is 2. The number of hydrogen-bond acceptors (Lipinski definition) is 3. The Hall–Kier alpha value is -1.55. The van der Waals surface area contributed by atoms with Crippen molar-refractivity contribution in [3.05, 3.63) is 29.8 Å². The van der Waals surface area contributed by atoms with Crippen LogP contribution in [0.2, 0.25) is 0 Å². The number of amides is 1. The lowest BCUT2D eigenvalue weighted by Gasteiger charge is -2.11. The minimum atomic E-state index is -0.0347. The third-order valence-corrected chi connectivity index (χ3v) is 3.11.